The number of pyridine rings is 1. The summed E-state index contributed by atoms with van der Waals surface area (Å²) in [6.45, 7) is 5.77. The van der Waals surface area contributed by atoms with E-state index in [9.17, 15) is 4.79 Å². The van der Waals surface area contributed by atoms with E-state index in [-0.39, 0.29) is 5.63 Å². The van der Waals surface area contributed by atoms with Crippen molar-refractivity contribution in [3.8, 4) is 0 Å². The van der Waals surface area contributed by atoms with Crippen molar-refractivity contribution in [2.75, 3.05) is 10.6 Å². The fourth-order valence-corrected chi connectivity index (χ4v) is 2.32. The average molecular weight is 328 g/mol. The van der Waals surface area contributed by atoms with Gasteiger partial charge in [0.2, 0.25) is 0 Å². The molecule has 0 radical (unpaired) electrons. The summed E-state index contributed by atoms with van der Waals surface area (Å²) in [4.78, 5) is 15.6. The van der Waals surface area contributed by atoms with Gasteiger partial charge in [-0.25, -0.2) is 9.78 Å². The lowest BCUT2D eigenvalue weighted by Crippen LogP contribution is -2.09. The predicted molar refractivity (Wildman–Crippen MR) is 92.9 cm³/mol. The van der Waals surface area contributed by atoms with Gasteiger partial charge in [-0.1, -0.05) is 18.2 Å². The Morgan fingerprint density at radius 1 is 1.22 bits per heavy atom. The Morgan fingerprint density at radius 3 is 2.78 bits per heavy atom. The van der Waals surface area contributed by atoms with Crippen molar-refractivity contribution in [2.45, 2.75) is 6.92 Å². The van der Waals surface area contributed by atoms with Gasteiger partial charge < -0.3 is 15.1 Å². The third-order valence-electron chi connectivity index (χ3n) is 3.25. The van der Waals surface area contributed by atoms with Gasteiger partial charge in [0, 0.05) is 29.4 Å². The van der Waals surface area contributed by atoms with Gasteiger partial charge in [-0.05, 0) is 36.8 Å². The maximum Gasteiger partial charge on any atom is 0.336 e. The van der Waals surface area contributed by atoms with E-state index < -0.39 is 0 Å². The molecule has 6 heteroatoms. The zero-order valence-electron chi connectivity index (χ0n) is 12.4. The number of nitrogens with one attached hydrogen (secondary N) is 2. The van der Waals surface area contributed by atoms with Gasteiger partial charge in [-0.2, -0.15) is 0 Å². The smallest absolute Gasteiger partial charge is 0.336 e. The van der Waals surface area contributed by atoms with Gasteiger partial charge in [0.25, 0.3) is 0 Å². The fourth-order valence-electron chi connectivity index (χ4n) is 2.21. The van der Waals surface area contributed by atoms with E-state index in [1.165, 1.54) is 6.07 Å². The lowest BCUT2D eigenvalue weighted by atomic mass is 10.1. The number of hydrogen-bond donors (Lipinski definition) is 2. The highest BCUT2D eigenvalue weighted by atomic mass is 35.5. The van der Waals surface area contributed by atoms with Gasteiger partial charge in [0.15, 0.2) is 0 Å². The summed E-state index contributed by atoms with van der Waals surface area (Å²) in [6.07, 6.45) is 1.55. The van der Waals surface area contributed by atoms with Crippen LogP contribution in [0.25, 0.3) is 11.0 Å². The molecule has 0 aliphatic heterocycles. The van der Waals surface area contributed by atoms with E-state index >= 15 is 0 Å². The first-order valence-electron chi connectivity index (χ1n) is 6.90. The van der Waals surface area contributed by atoms with E-state index in [0.29, 0.717) is 22.2 Å². The second-order valence-electron chi connectivity index (χ2n) is 5.05. The zero-order chi connectivity index (χ0) is 16.4. The highest BCUT2D eigenvalue weighted by Gasteiger charge is 2.04. The first-order valence-corrected chi connectivity index (χ1v) is 7.28. The molecule has 3 aromatic rings. The van der Waals surface area contributed by atoms with E-state index in [0.717, 1.165) is 16.6 Å². The molecule has 1 aromatic carbocycles. The van der Waals surface area contributed by atoms with Crippen LogP contribution in [0.15, 0.2) is 64.2 Å². The van der Waals surface area contributed by atoms with E-state index in [4.69, 9.17) is 16.0 Å². The van der Waals surface area contributed by atoms with Gasteiger partial charge in [0.1, 0.15) is 17.2 Å². The molecule has 0 saturated heterocycles. The monoisotopic (exact) mass is 327 g/mol. The van der Waals surface area contributed by atoms with Crippen LogP contribution in [-0.4, -0.2) is 4.98 Å². The fraction of sp³-hybridized carbons (Fsp3) is 0.0588. The first-order chi connectivity index (χ1) is 11.0. The Kier molecular flexibility index (Phi) is 4.04. The van der Waals surface area contributed by atoms with Crippen molar-refractivity contribution in [1.82, 2.24) is 4.98 Å². The Bertz CT molecular complexity index is 933. The van der Waals surface area contributed by atoms with Gasteiger partial charge in [-0.3, -0.25) is 0 Å². The number of aryl methyl sites for hydroxylation is 1. The number of aromatic nitrogens is 1. The Balaban J connectivity index is 1.79. The van der Waals surface area contributed by atoms with Crippen LogP contribution in [0.2, 0.25) is 5.02 Å². The molecular formula is C17H14ClN3O2. The highest BCUT2D eigenvalue weighted by Crippen LogP contribution is 2.21. The van der Waals surface area contributed by atoms with Crippen LogP contribution in [0.5, 0.6) is 0 Å². The largest absolute Gasteiger partial charge is 0.423 e. The molecular weight excluding hydrogens is 314 g/mol. The summed E-state index contributed by atoms with van der Waals surface area (Å²) >= 11 is 5.79. The minimum absolute atomic E-state index is 0.366. The third kappa shape index (κ3) is 3.52. The Morgan fingerprint density at radius 2 is 2.04 bits per heavy atom. The molecule has 2 N–H and O–H groups in total. The molecule has 0 bridgehead atoms. The molecule has 0 amide bonds. The number of fused-ring (bicyclic) bond motifs is 1. The highest BCUT2D eigenvalue weighted by molar-refractivity contribution is 6.30. The lowest BCUT2D eigenvalue weighted by molar-refractivity contribution is 0.560. The van der Waals surface area contributed by atoms with E-state index in [1.807, 2.05) is 19.1 Å². The Hall–Kier alpha value is -2.79. The van der Waals surface area contributed by atoms with Crippen molar-refractivity contribution in [3.63, 3.8) is 0 Å². The average Bonchev–Trinajstić information content (AvgIpc) is 2.49. The minimum Gasteiger partial charge on any atom is -0.423 e. The van der Waals surface area contributed by atoms with Crippen molar-refractivity contribution in [1.29, 1.82) is 0 Å². The maximum atomic E-state index is 11.5. The number of benzene rings is 1. The summed E-state index contributed by atoms with van der Waals surface area (Å²) in [6, 6.07) is 10.5. The quantitative estimate of drug-likeness (QED) is 0.705. The van der Waals surface area contributed by atoms with Crippen molar-refractivity contribution < 1.29 is 4.42 Å². The topological polar surface area (TPSA) is 67.2 Å². The minimum atomic E-state index is -0.366. The first kappa shape index (κ1) is 15.1. The molecule has 0 unspecified atom stereocenters. The van der Waals surface area contributed by atoms with Gasteiger partial charge >= 0.3 is 5.63 Å². The van der Waals surface area contributed by atoms with E-state index in [2.05, 4.69) is 22.2 Å². The van der Waals surface area contributed by atoms with Crippen molar-refractivity contribution >= 4 is 34.1 Å². The van der Waals surface area contributed by atoms with Crippen LogP contribution in [0.3, 0.4) is 0 Å². The number of hydrogen-bond acceptors (Lipinski definition) is 5. The molecule has 0 fully saturated rings. The predicted octanol–water partition coefficient (Wildman–Crippen LogP) is 4.15. The molecule has 0 aliphatic rings. The molecule has 0 saturated carbocycles. The molecule has 116 valence electrons. The molecule has 2 aromatic heterocycles. The van der Waals surface area contributed by atoms with Crippen LogP contribution in [0, 0.1) is 6.92 Å². The van der Waals surface area contributed by atoms with Crippen LogP contribution >= 0.6 is 11.6 Å². The van der Waals surface area contributed by atoms with E-state index in [1.54, 1.807) is 24.4 Å². The second kappa shape index (κ2) is 6.14. The van der Waals surface area contributed by atoms with Crippen molar-refractivity contribution in [3.05, 3.63) is 76.0 Å². The van der Waals surface area contributed by atoms with Gasteiger partial charge in [0.05, 0.1) is 5.02 Å². The van der Waals surface area contributed by atoms with Crippen LogP contribution in [0.1, 0.15) is 5.56 Å². The Labute approximate surface area is 137 Å². The standard InChI is InChI=1S/C17H14ClN3O2/c1-10-7-17(22)23-15-8-13(4-5-14(10)15)20-11(2)21-16-6-3-12(18)9-19-16/h3-9,20H,2H2,1H3,(H,19,21). The molecule has 0 spiro atoms. The summed E-state index contributed by atoms with van der Waals surface area (Å²) in [7, 11) is 0. The maximum absolute atomic E-state index is 11.5. The number of rotatable bonds is 4. The molecule has 0 aliphatic carbocycles. The molecule has 0 atom stereocenters. The van der Waals surface area contributed by atoms with Crippen molar-refractivity contribution in [2.24, 2.45) is 0 Å². The third-order valence-corrected chi connectivity index (χ3v) is 3.48. The number of halogens is 1. The summed E-state index contributed by atoms with van der Waals surface area (Å²) in [5, 5.41) is 7.58. The van der Waals surface area contributed by atoms with Crippen LogP contribution in [-0.2, 0) is 0 Å². The molecule has 3 rings (SSSR count). The van der Waals surface area contributed by atoms with Crippen LogP contribution < -0.4 is 16.3 Å². The second-order valence-corrected chi connectivity index (χ2v) is 5.49. The summed E-state index contributed by atoms with van der Waals surface area (Å²) < 4.78 is 5.22. The molecule has 5 nitrogen and oxygen atoms in total. The molecule has 2 heterocycles. The number of nitrogens with zero attached hydrogens (tertiary/aromatic N) is 1. The SMILES string of the molecule is C=C(Nc1ccc2c(C)cc(=O)oc2c1)Nc1ccc(Cl)cn1. The zero-order valence-corrected chi connectivity index (χ0v) is 13.1. The summed E-state index contributed by atoms with van der Waals surface area (Å²) in [5.41, 5.74) is 1.79. The normalized spacial score (nSPS) is 10.5. The molecule has 23 heavy (non-hydrogen) atoms. The van der Waals surface area contributed by atoms with Crippen LogP contribution in [0.4, 0.5) is 11.5 Å². The van der Waals surface area contributed by atoms with Gasteiger partial charge in [-0.15, -0.1) is 0 Å². The lowest BCUT2D eigenvalue weighted by Gasteiger charge is -2.12. The number of anilines is 2. The summed E-state index contributed by atoms with van der Waals surface area (Å²) in [5.74, 6) is 1.16.